The van der Waals surface area contributed by atoms with Gasteiger partial charge in [0, 0.05) is 0 Å². The van der Waals surface area contributed by atoms with Crippen LogP contribution < -0.4 is 0 Å². The van der Waals surface area contributed by atoms with Crippen LogP contribution in [0.15, 0.2) is 24.3 Å². The molecule has 2 N–H and O–H groups in total. The molecule has 1 aromatic carbocycles. The lowest BCUT2D eigenvalue weighted by atomic mass is 10.0. The van der Waals surface area contributed by atoms with Crippen LogP contribution in [0.5, 0.6) is 0 Å². The third kappa shape index (κ3) is 3.70. The second-order valence-electron chi connectivity index (χ2n) is 3.66. The Morgan fingerprint density at radius 3 is 2.33 bits per heavy atom. The minimum absolute atomic E-state index is 0.531. The molecule has 0 spiro atoms. The number of aryl methyl sites for hydroxylation is 1. The lowest BCUT2D eigenvalue weighted by molar-refractivity contribution is 0.0265. The molecule has 0 amide bonds. The van der Waals surface area contributed by atoms with Gasteiger partial charge in [-0.25, -0.2) is 0 Å². The second-order valence-corrected chi connectivity index (χ2v) is 3.66. The lowest BCUT2D eigenvalue weighted by Gasteiger charge is -2.12. The first-order valence-corrected chi connectivity index (χ1v) is 4.98. The fraction of sp³-hybridized carbons (Fsp3) is 0.417. The van der Waals surface area contributed by atoms with Crippen LogP contribution in [-0.2, 0) is 6.42 Å². The third-order valence-electron chi connectivity index (χ3n) is 2.37. The lowest BCUT2D eigenvalue weighted by Crippen LogP contribution is -2.22. The van der Waals surface area contributed by atoms with Crippen molar-refractivity contribution in [3.8, 4) is 6.07 Å². The van der Waals surface area contributed by atoms with E-state index in [1.54, 1.807) is 19.1 Å². The van der Waals surface area contributed by atoms with Crippen molar-refractivity contribution in [2.75, 3.05) is 0 Å². The fourth-order valence-electron chi connectivity index (χ4n) is 1.30. The molecule has 80 valence electrons. The highest BCUT2D eigenvalue weighted by molar-refractivity contribution is 5.31. The fourth-order valence-corrected chi connectivity index (χ4v) is 1.30. The molecule has 0 saturated heterocycles. The summed E-state index contributed by atoms with van der Waals surface area (Å²) in [5.74, 6) is 0. The maximum Gasteiger partial charge on any atom is 0.0991 e. The quantitative estimate of drug-likeness (QED) is 0.777. The first-order valence-electron chi connectivity index (χ1n) is 4.98. The number of aliphatic hydroxyl groups excluding tert-OH is 2. The SMILES string of the molecule is CC(O)C(O)CCc1ccc(C#N)cc1. The average Bonchev–Trinajstić information content (AvgIpc) is 2.26. The molecular formula is C12H15NO2. The molecular weight excluding hydrogens is 190 g/mol. The zero-order chi connectivity index (χ0) is 11.3. The molecule has 0 aliphatic heterocycles. The summed E-state index contributed by atoms with van der Waals surface area (Å²) in [5.41, 5.74) is 1.70. The molecule has 2 atom stereocenters. The van der Waals surface area contributed by atoms with Crippen molar-refractivity contribution in [2.45, 2.75) is 32.0 Å². The number of nitrogens with zero attached hydrogens (tertiary/aromatic N) is 1. The molecule has 1 aromatic rings. The Bertz CT molecular complexity index is 338. The highest BCUT2D eigenvalue weighted by Gasteiger charge is 2.10. The molecule has 0 fully saturated rings. The summed E-state index contributed by atoms with van der Waals surface area (Å²) in [5, 5.41) is 27.1. The summed E-state index contributed by atoms with van der Waals surface area (Å²) in [6.07, 6.45) is -0.134. The average molecular weight is 205 g/mol. The molecule has 0 aliphatic rings. The highest BCUT2D eigenvalue weighted by Crippen LogP contribution is 2.09. The molecule has 0 heterocycles. The normalized spacial score (nSPS) is 14.3. The van der Waals surface area contributed by atoms with Crippen LogP contribution in [0.1, 0.15) is 24.5 Å². The van der Waals surface area contributed by atoms with Gasteiger partial charge in [-0.05, 0) is 37.5 Å². The van der Waals surface area contributed by atoms with E-state index in [-0.39, 0.29) is 0 Å². The Balaban J connectivity index is 2.48. The standard InChI is InChI=1S/C12H15NO2/c1-9(14)12(15)7-6-10-2-4-11(8-13)5-3-10/h2-5,9,12,14-15H,6-7H2,1H3. The number of rotatable bonds is 4. The van der Waals surface area contributed by atoms with Crippen molar-refractivity contribution < 1.29 is 10.2 Å². The summed E-state index contributed by atoms with van der Waals surface area (Å²) in [7, 11) is 0. The van der Waals surface area contributed by atoms with E-state index in [2.05, 4.69) is 0 Å². The molecule has 0 bridgehead atoms. The van der Waals surface area contributed by atoms with Gasteiger partial charge in [0.15, 0.2) is 0 Å². The molecule has 0 radical (unpaired) electrons. The van der Waals surface area contributed by atoms with Crippen molar-refractivity contribution in [1.82, 2.24) is 0 Å². The number of nitriles is 1. The van der Waals surface area contributed by atoms with Crippen molar-refractivity contribution in [3.63, 3.8) is 0 Å². The topological polar surface area (TPSA) is 64.2 Å². The molecule has 0 aliphatic carbocycles. The van der Waals surface area contributed by atoms with Crippen molar-refractivity contribution in [3.05, 3.63) is 35.4 Å². The van der Waals surface area contributed by atoms with Crippen molar-refractivity contribution in [1.29, 1.82) is 5.26 Å². The van der Waals surface area contributed by atoms with Crippen molar-refractivity contribution >= 4 is 0 Å². The van der Waals surface area contributed by atoms with Gasteiger partial charge in [0.05, 0.1) is 23.8 Å². The van der Waals surface area contributed by atoms with E-state index in [1.807, 2.05) is 18.2 Å². The number of benzene rings is 1. The second kappa shape index (κ2) is 5.50. The third-order valence-corrected chi connectivity index (χ3v) is 2.37. The largest absolute Gasteiger partial charge is 0.391 e. The molecule has 3 heteroatoms. The van der Waals surface area contributed by atoms with Crippen LogP contribution in [0.4, 0.5) is 0 Å². The van der Waals surface area contributed by atoms with E-state index in [0.29, 0.717) is 18.4 Å². The molecule has 0 saturated carbocycles. The summed E-state index contributed by atoms with van der Waals surface area (Å²) < 4.78 is 0. The van der Waals surface area contributed by atoms with Crippen LogP contribution in [0.2, 0.25) is 0 Å². The zero-order valence-corrected chi connectivity index (χ0v) is 8.72. The summed E-state index contributed by atoms with van der Waals surface area (Å²) in [6, 6.07) is 9.29. The number of hydrogen-bond acceptors (Lipinski definition) is 3. The Kier molecular flexibility index (Phi) is 4.29. The summed E-state index contributed by atoms with van der Waals surface area (Å²) in [4.78, 5) is 0. The van der Waals surface area contributed by atoms with Gasteiger partial charge in [0.2, 0.25) is 0 Å². The van der Waals surface area contributed by atoms with E-state index < -0.39 is 12.2 Å². The van der Waals surface area contributed by atoms with Gasteiger partial charge >= 0.3 is 0 Å². The van der Waals surface area contributed by atoms with Gasteiger partial charge in [-0.1, -0.05) is 12.1 Å². The van der Waals surface area contributed by atoms with Crippen LogP contribution >= 0.6 is 0 Å². The minimum Gasteiger partial charge on any atom is -0.391 e. The highest BCUT2D eigenvalue weighted by atomic mass is 16.3. The maximum atomic E-state index is 9.39. The van der Waals surface area contributed by atoms with Gasteiger partial charge < -0.3 is 10.2 Å². The van der Waals surface area contributed by atoms with Gasteiger partial charge in [0.1, 0.15) is 0 Å². The predicted octanol–water partition coefficient (Wildman–Crippen LogP) is 1.23. The van der Waals surface area contributed by atoms with E-state index >= 15 is 0 Å². The minimum atomic E-state index is -0.691. The molecule has 3 nitrogen and oxygen atoms in total. The van der Waals surface area contributed by atoms with Gasteiger partial charge in [0.25, 0.3) is 0 Å². The Morgan fingerprint density at radius 1 is 1.27 bits per heavy atom. The van der Waals surface area contributed by atoms with E-state index in [0.717, 1.165) is 5.56 Å². The van der Waals surface area contributed by atoms with Crippen LogP contribution in [-0.4, -0.2) is 22.4 Å². The summed E-state index contributed by atoms with van der Waals surface area (Å²) in [6.45, 7) is 1.57. The number of aliphatic hydroxyl groups is 2. The van der Waals surface area contributed by atoms with Crippen LogP contribution in [0, 0.1) is 11.3 Å². The predicted molar refractivity (Wildman–Crippen MR) is 57.2 cm³/mol. The Hall–Kier alpha value is -1.37. The Labute approximate surface area is 89.6 Å². The molecule has 0 aromatic heterocycles. The van der Waals surface area contributed by atoms with Crippen LogP contribution in [0.25, 0.3) is 0 Å². The van der Waals surface area contributed by atoms with E-state index in [4.69, 9.17) is 10.4 Å². The zero-order valence-electron chi connectivity index (χ0n) is 8.72. The Morgan fingerprint density at radius 2 is 1.87 bits per heavy atom. The molecule has 1 rings (SSSR count). The van der Waals surface area contributed by atoms with E-state index in [1.165, 1.54) is 0 Å². The van der Waals surface area contributed by atoms with Crippen molar-refractivity contribution in [2.24, 2.45) is 0 Å². The molecule has 2 unspecified atom stereocenters. The number of hydrogen-bond donors (Lipinski definition) is 2. The van der Waals surface area contributed by atoms with Gasteiger partial charge in [-0.15, -0.1) is 0 Å². The summed E-state index contributed by atoms with van der Waals surface area (Å²) >= 11 is 0. The van der Waals surface area contributed by atoms with Gasteiger partial charge in [-0.3, -0.25) is 0 Å². The first kappa shape index (κ1) is 11.7. The molecule has 15 heavy (non-hydrogen) atoms. The van der Waals surface area contributed by atoms with E-state index in [9.17, 15) is 5.11 Å². The smallest absolute Gasteiger partial charge is 0.0991 e. The van der Waals surface area contributed by atoms with Crippen LogP contribution in [0.3, 0.4) is 0 Å². The first-order chi connectivity index (χ1) is 7.13. The monoisotopic (exact) mass is 205 g/mol. The maximum absolute atomic E-state index is 9.39. The van der Waals surface area contributed by atoms with Gasteiger partial charge in [-0.2, -0.15) is 5.26 Å².